The van der Waals surface area contributed by atoms with Crippen LogP contribution < -0.4 is 10.6 Å². The SMILES string of the molecule is CC1(OCC(=O)O)CN(C(=O)NC2CCC(=O)NC2=O)C1. The van der Waals surface area contributed by atoms with E-state index in [0.717, 1.165) is 0 Å². The Morgan fingerprint density at radius 1 is 1.48 bits per heavy atom. The summed E-state index contributed by atoms with van der Waals surface area (Å²) in [7, 11) is 0. The molecule has 0 aromatic carbocycles. The Hall–Kier alpha value is -2.16. The van der Waals surface area contributed by atoms with Crippen molar-refractivity contribution in [2.45, 2.75) is 31.4 Å². The minimum atomic E-state index is -1.07. The molecule has 0 radical (unpaired) electrons. The summed E-state index contributed by atoms with van der Waals surface area (Å²) >= 11 is 0. The number of nitrogens with one attached hydrogen (secondary N) is 2. The second-order valence-electron chi connectivity index (χ2n) is 5.44. The zero-order chi connectivity index (χ0) is 15.6. The van der Waals surface area contributed by atoms with Gasteiger partial charge in [0.2, 0.25) is 11.8 Å². The van der Waals surface area contributed by atoms with Crippen molar-refractivity contribution in [3.8, 4) is 0 Å². The third-order valence-electron chi connectivity index (χ3n) is 3.42. The van der Waals surface area contributed by atoms with Crippen molar-refractivity contribution in [3.63, 3.8) is 0 Å². The minimum absolute atomic E-state index is 0.191. The van der Waals surface area contributed by atoms with Crippen molar-refractivity contribution in [3.05, 3.63) is 0 Å². The number of urea groups is 1. The van der Waals surface area contributed by atoms with Gasteiger partial charge in [-0.15, -0.1) is 0 Å². The lowest BCUT2D eigenvalue weighted by molar-refractivity contribution is -0.159. The molecular formula is C12H17N3O6. The van der Waals surface area contributed by atoms with E-state index in [1.807, 2.05) is 0 Å². The first-order valence-corrected chi connectivity index (χ1v) is 6.54. The van der Waals surface area contributed by atoms with Gasteiger partial charge in [-0.1, -0.05) is 0 Å². The summed E-state index contributed by atoms with van der Waals surface area (Å²) in [5.41, 5.74) is -0.680. The molecule has 3 N–H and O–H groups in total. The average molecular weight is 299 g/mol. The average Bonchev–Trinajstić information content (AvgIpc) is 2.36. The van der Waals surface area contributed by atoms with Crippen LogP contribution in [-0.2, 0) is 19.1 Å². The zero-order valence-electron chi connectivity index (χ0n) is 11.5. The number of aliphatic carboxylic acids is 1. The van der Waals surface area contributed by atoms with Gasteiger partial charge in [0, 0.05) is 6.42 Å². The number of ether oxygens (including phenoxy) is 1. The molecular weight excluding hydrogens is 282 g/mol. The number of imide groups is 1. The second-order valence-corrected chi connectivity index (χ2v) is 5.44. The van der Waals surface area contributed by atoms with E-state index in [1.165, 1.54) is 4.90 Å². The first kappa shape index (κ1) is 15.2. The van der Waals surface area contributed by atoms with Gasteiger partial charge in [-0.05, 0) is 13.3 Å². The smallest absolute Gasteiger partial charge is 0.329 e. The van der Waals surface area contributed by atoms with Gasteiger partial charge >= 0.3 is 12.0 Å². The molecule has 0 saturated carbocycles. The van der Waals surface area contributed by atoms with E-state index in [-0.39, 0.29) is 31.8 Å². The summed E-state index contributed by atoms with van der Waals surface area (Å²) in [6, 6.07) is -1.15. The molecule has 4 amide bonds. The molecule has 1 unspecified atom stereocenters. The molecule has 21 heavy (non-hydrogen) atoms. The van der Waals surface area contributed by atoms with E-state index in [2.05, 4.69) is 10.6 Å². The van der Waals surface area contributed by atoms with Gasteiger partial charge in [0.15, 0.2) is 0 Å². The second kappa shape index (κ2) is 5.68. The molecule has 0 bridgehead atoms. The Morgan fingerprint density at radius 2 is 2.14 bits per heavy atom. The van der Waals surface area contributed by atoms with E-state index < -0.39 is 36.2 Å². The monoisotopic (exact) mass is 299 g/mol. The van der Waals surface area contributed by atoms with Gasteiger partial charge in [0.1, 0.15) is 18.2 Å². The largest absolute Gasteiger partial charge is 0.480 e. The topological polar surface area (TPSA) is 125 Å². The Morgan fingerprint density at radius 3 is 2.71 bits per heavy atom. The summed E-state index contributed by atoms with van der Waals surface area (Å²) in [5.74, 6) is -1.92. The van der Waals surface area contributed by atoms with Crippen molar-refractivity contribution in [1.29, 1.82) is 0 Å². The number of nitrogens with zero attached hydrogens (tertiary/aromatic N) is 1. The van der Waals surface area contributed by atoms with Crippen LogP contribution in [0, 0.1) is 0 Å². The van der Waals surface area contributed by atoms with Crippen LogP contribution >= 0.6 is 0 Å². The molecule has 2 heterocycles. The van der Waals surface area contributed by atoms with Gasteiger partial charge in [0.25, 0.3) is 0 Å². The normalized spacial score (nSPS) is 24.0. The van der Waals surface area contributed by atoms with Crippen LogP contribution in [0.4, 0.5) is 4.79 Å². The van der Waals surface area contributed by atoms with Crippen molar-refractivity contribution in [2.75, 3.05) is 19.7 Å². The molecule has 1 atom stereocenters. The third kappa shape index (κ3) is 3.69. The summed E-state index contributed by atoms with van der Waals surface area (Å²) in [6.07, 6.45) is 0.465. The molecule has 0 aliphatic carbocycles. The van der Waals surface area contributed by atoms with Crippen LogP contribution in [0.3, 0.4) is 0 Å². The Labute approximate surface area is 120 Å². The predicted octanol–water partition coefficient (Wildman–Crippen LogP) is -1.32. The van der Waals surface area contributed by atoms with Gasteiger partial charge in [-0.25, -0.2) is 9.59 Å². The molecule has 2 saturated heterocycles. The van der Waals surface area contributed by atoms with E-state index in [0.29, 0.717) is 0 Å². The fourth-order valence-electron chi connectivity index (χ4n) is 2.30. The highest BCUT2D eigenvalue weighted by atomic mass is 16.5. The number of piperidine rings is 1. The third-order valence-corrected chi connectivity index (χ3v) is 3.42. The van der Waals surface area contributed by atoms with Gasteiger partial charge < -0.3 is 20.1 Å². The van der Waals surface area contributed by atoms with Crippen LogP contribution in [0.2, 0.25) is 0 Å². The van der Waals surface area contributed by atoms with E-state index >= 15 is 0 Å². The Balaban J connectivity index is 1.77. The molecule has 0 spiro atoms. The van der Waals surface area contributed by atoms with Crippen molar-refractivity contribution in [2.24, 2.45) is 0 Å². The standard InChI is InChI=1S/C12H17N3O6/c1-12(21-4-9(17)18)5-15(6-12)11(20)13-7-2-3-8(16)14-10(7)19/h7H,2-6H2,1H3,(H,13,20)(H,17,18)(H,14,16,19). The fraction of sp³-hybridized carbons (Fsp3) is 0.667. The van der Waals surface area contributed by atoms with Gasteiger partial charge in [-0.3, -0.25) is 14.9 Å². The molecule has 9 heteroatoms. The maximum atomic E-state index is 11.9. The number of rotatable bonds is 4. The molecule has 116 valence electrons. The zero-order valence-corrected chi connectivity index (χ0v) is 11.5. The lowest BCUT2D eigenvalue weighted by Crippen LogP contribution is -2.67. The van der Waals surface area contributed by atoms with Crippen LogP contribution in [0.5, 0.6) is 0 Å². The van der Waals surface area contributed by atoms with E-state index in [9.17, 15) is 19.2 Å². The summed E-state index contributed by atoms with van der Waals surface area (Å²) in [5, 5.41) is 13.3. The van der Waals surface area contributed by atoms with E-state index in [1.54, 1.807) is 6.92 Å². The highest BCUT2D eigenvalue weighted by Crippen LogP contribution is 2.24. The molecule has 9 nitrogen and oxygen atoms in total. The number of likely N-dealkylation sites (tertiary alicyclic amines) is 1. The number of carbonyl (C=O) groups is 4. The van der Waals surface area contributed by atoms with Gasteiger partial charge in [-0.2, -0.15) is 0 Å². The van der Waals surface area contributed by atoms with Gasteiger partial charge in [0.05, 0.1) is 13.1 Å². The highest BCUT2D eigenvalue weighted by Gasteiger charge is 2.43. The van der Waals surface area contributed by atoms with Crippen LogP contribution in [0.15, 0.2) is 0 Å². The van der Waals surface area contributed by atoms with Crippen LogP contribution in [0.25, 0.3) is 0 Å². The number of amides is 4. The fourth-order valence-corrected chi connectivity index (χ4v) is 2.30. The lowest BCUT2D eigenvalue weighted by Gasteiger charge is -2.47. The first-order chi connectivity index (χ1) is 9.79. The molecule has 2 rings (SSSR count). The number of hydrogen-bond acceptors (Lipinski definition) is 5. The molecule has 0 aromatic rings. The number of carboxylic acids is 1. The molecule has 2 fully saturated rings. The number of carbonyl (C=O) groups excluding carboxylic acids is 3. The summed E-state index contributed by atoms with van der Waals surface area (Å²) < 4.78 is 5.19. The Bertz CT molecular complexity index is 485. The van der Waals surface area contributed by atoms with Crippen LogP contribution in [0.1, 0.15) is 19.8 Å². The maximum Gasteiger partial charge on any atom is 0.329 e. The highest BCUT2D eigenvalue weighted by molar-refractivity contribution is 6.01. The van der Waals surface area contributed by atoms with Crippen molar-refractivity contribution >= 4 is 23.8 Å². The quantitative estimate of drug-likeness (QED) is 0.553. The van der Waals surface area contributed by atoms with Crippen LogP contribution in [-0.4, -0.2) is 65.2 Å². The molecule has 2 aliphatic heterocycles. The molecule has 0 aromatic heterocycles. The molecule has 2 aliphatic rings. The van der Waals surface area contributed by atoms with Crippen molar-refractivity contribution < 1.29 is 29.0 Å². The predicted molar refractivity (Wildman–Crippen MR) is 68.3 cm³/mol. The summed E-state index contributed by atoms with van der Waals surface area (Å²) in [4.78, 5) is 46.3. The summed E-state index contributed by atoms with van der Waals surface area (Å²) in [6.45, 7) is 1.80. The maximum absolute atomic E-state index is 11.9. The number of carboxylic acid groups (broad SMARTS) is 1. The lowest BCUT2D eigenvalue weighted by atomic mass is 9.97. The van der Waals surface area contributed by atoms with Crippen molar-refractivity contribution in [1.82, 2.24) is 15.5 Å². The number of hydrogen-bond donors (Lipinski definition) is 3. The van der Waals surface area contributed by atoms with E-state index in [4.69, 9.17) is 9.84 Å². The first-order valence-electron chi connectivity index (χ1n) is 6.54. The minimum Gasteiger partial charge on any atom is -0.480 e. The Kier molecular flexibility index (Phi) is 4.12.